The first-order valence-electron chi connectivity index (χ1n) is 3.80. The third kappa shape index (κ3) is 3.75. The number of rotatable bonds is 3. The average molecular weight is 280 g/mol. The molecule has 0 spiro atoms. The van der Waals surface area contributed by atoms with Gasteiger partial charge in [0.05, 0.1) is 6.61 Å². The van der Waals surface area contributed by atoms with Crippen LogP contribution in [0, 0.1) is 6.92 Å². The largest absolute Gasteiger partial charge is 0.333 e. The fraction of sp³-hybridized carbons (Fsp3) is 0.250. The summed E-state index contributed by atoms with van der Waals surface area (Å²) in [5, 5.41) is 4.69. The van der Waals surface area contributed by atoms with E-state index in [4.69, 9.17) is 0 Å². The van der Waals surface area contributed by atoms with Crippen LogP contribution in [-0.2, 0) is 21.1 Å². The van der Waals surface area contributed by atoms with Crippen LogP contribution in [0.25, 0.3) is 0 Å². The second-order valence-corrected chi connectivity index (χ2v) is 4.91. The molecule has 78 valence electrons. The van der Waals surface area contributed by atoms with Crippen molar-refractivity contribution in [2.45, 2.75) is 13.5 Å². The van der Waals surface area contributed by atoms with Gasteiger partial charge in [-0.15, -0.1) is 0 Å². The lowest BCUT2D eigenvalue weighted by Crippen LogP contribution is -2.15. The second kappa shape index (κ2) is 4.39. The molecule has 2 N–H and O–H groups in total. The molecule has 0 radical (unpaired) electrons. The minimum Gasteiger partial charge on any atom is -0.253 e. The van der Waals surface area contributed by atoms with Crippen LogP contribution in [-0.4, -0.2) is 8.42 Å². The number of hydrogen-bond donors (Lipinski definition) is 1. The molecule has 0 amide bonds. The summed E-state index contributed by atoms with van der Waals surface area (Å²) < 4.78 is 26.4. The number of aryl methyl sites for hydroxylation is 1. The van der Waals surface area contributed by atoms with Gasteiger partial charge in [-0.3, -0.25) is 4.18 Å². The van der Waals surface area contributed by atoms with Crippen LogP contribution in [0.15, 0.2) is 22.7 Å². The molecule has 4 nitrogen and oxygen atoms in total. The summed E-state index contributed by atoms with van der Waals surface area (Å²) in [7, 11) is -3.86. The molecular weight excluding hydrogens is 270 g/mol. The summed E-state index contributed by atoms with van der Waals surface area (Å²) in [5.41, 5.74) is 1.82. The zero-order valence-corrected chi connectivity index (χ0v) is 9.93. The van der Waals surface area contributed by atoms with Crippen LogP contribution < -0.4 is 5.14 Å². The Kier molecular flexibility index (Phi) is 3.65. The standard InChI is InChI=1S/C8H10BrNO3S/c1-6-2-3-7(4-8(6)9)5-13-14(10,11)12/h2-4H,5H2,1H3,(H2,10,11,12). The normalized spacial score (nSPS) is 11.6. The van der Waals surface area contributed by atoms with Gasteiger partial charge in [0.15, 0.2) is 0 Å². The van der Waals surface area contributed by atoms with Gasteiger partial charge in [-0.2, -0.15) is 8.42 Å². The Morgan fingerprint density at radius 3 is 2.64 bits per heavy atom. The highest BCUT2D eigenvalue weighted by molar-refractivity contribution is 9.10. The van der Waals surface area contributed by atoms with Gasteiger partial charge >= 0.3 is 10.3 Å². The lowest BCUT2D eigenvalue weighted by atomic mass is 10.2. The highest BCUT2D eigenvalue weighted by Gasteiger charge is 2.03. The number of benzene rings is 1. The second-order valence-electron chi connectivity index (χ2n) is 2.84. The van der Waals surface area contributed by atoms with Gasteiger partial charge < -0.3 is 0 Å². The van der Waals surface area contributed by atoms with E-state index < -0.39 is 10.3 Å². The fourth-order valence-corrected chi connectivity index (χ4v) is 1.60. The van der Waals surface area contributed by atoms with Gasteiger partial charge in [0.1, 0.15) is 0 Å². The summed E-state index contributed by atoms with van der Waals surface area (Å²) in [6.45, 7) is 1.89. The highest BCUT2D eigenvalue weighted by atomic mass is 79.9. The van der Waals surface area contributed by atoms with Crippen molar-refractivity contribution in [1.29, 1.82) is 0 Å². The molecule has 1 aromatic rings. The van der Waals surface area contributed by atoms with Gasteiger partial charge in [-0.1, -0.05) is 28.1 Å². The van der Waals surface area contributed by atoms with Crippen molar-refractivity contribution in [2.24, 2.45) is 5.14 Å². The lowest BCUT2D eigenvalue weighted by Gasteiger charge is -2.03. The zero-order valence-electron chi connectivity index (χ0n) is 7.53. The smallest absolute Gasteiger partial charge is 0.253 e. The summed E-state index contributed by atoms with van der Waals surface area (Å²) in [6.07, 6.45) is 0. The van der Waals surface area contributed by atoms with E-state index in [0.29, 0.717) is 0 Å². The molecule has 0 heterocycles. The minimum absolute atomic E-state index is 0.0439. The Morgan fingerprint density at radius 2 is 2.14 bits per heavy atom. The summed E-state index contributed by atoms with van der Waals surface area (Å²) in [6, 6.07) is 5.44. The Labute approximate surface area is 91.5 Å². The van der Waals surface area contributed by atoms with Crippen LogP contribution in [0.1, 0.15) is 11.1 Å². The monoisotopic (exact) mass is 279 g/mol. The quantitative estimate of drug-likeness (QED) is 0.911. The Hall–Kier alpha value is -0.430. The molecule has 0 aliphatic heterocycles. The van der Waals surface area contributed by atoms with E-state index in [1.54, 1.807) is 12.1 Å². The molecule has 1 rings (SSSR count). The molecule has 0 saturated heterocycles. The van der Waals surface area contributed by atoms with Crippen molar-refractivity contribution < 1.29 is 12.6 Å². The van der Waals surface area contributed by atoms with Crippen LogP contribution in [0.2, 0.25) is 0 Å². The number of nitrogens with two attached hydrogens (primary N) is 1. The number of hydrogen-bond acceptors (Lipinski definition) is 3. The van der Waals surface area contributed by atoms with Crippen LogP contribution in [0.5, 0.6) is 0 Å². The summed E-state index contributed by atoms with van der Waals surface area (Å²) >= 11 is 3.33. The average Bonchev–Trinajstić information content (AvgIpc) is 2.06. The molecule has 0 saturated carbocycles. The van der Waals surface area contributed by atoms with Crippen molar-refractivity contribution in [3.8, 4) is 0 Å². The molecule has 0 unspecified atom stereocenters. The third-order valence-electron chi connectivity index (χ3n) is 1.63. The van der Waals surface area contributed by atoms with Crippen molar-refractivity contribution in [3.05, 3.63) is 33.8 Å². The van der Waals surface area contributed by atoms with Gasteiger partial charge in [0.2, 0.25) is 0 Å². The van der Waals surface area contributed by atoms with Crippen LogP contribution in [0.4, 0.5) is 0 Å². The van der Waals surface area contributed by atoms with E-state index in [2.05, 4.69) is 25.3 Å². The molecule has 0 fully saturated rings. The molecule has 0 aliphatic rings. The molecule has 14 heavy (non-hydrogen) atoms. The first kappa shape index (κ1) is 11.6. The Bertz CT molecular complexity index is 430. The van der Waals surface area contributed by atoms with E-state index in [0.717, 1.165) is 15.6 Å². The molecule has 0 atom stereocenters. The maximum atomic E-state index is 10.5. The molecule has 6 heteroatoms. The first-order chi connectivity index (χ1) is 6.38. The molecular formula is C8H10BrNO3S. The van der Waals surface area contributed by atoms with Gasteiger partial charge in [0, 0.05) is 4.47 Å². The van der Waals surface area contributed by atoms with Crippen molar-refractivity contribution in [2.75, 3.05) is 0 Å². The maximum absolute atomic E-state index is 10.5. The highest BCUT2D eigenvalue weighted by Crippen LogP contribution is 2.18. The summed E-state index contributed by atoms with van der Waals surface area (Å²) in [4.78, 5) is 0. The molecule has 1 aromatic carbocycles. The van der Waals surface area contributed by atoms with Crippen LogP contribution in [0.3, 0.4) is 0 Å². The zero-order chi connectivity index (χ0) is 10.8. The van der Waals surface area contributed by atoms with Gasteiger partial charge in [0.25, 0.3) is 0 Å². The predicted octanol–water partition coefficient (Wildman–Crippen LogP) is 1.48. The number of halogens is 1. The van der Waals surface area contributed by atoms with Gasteiger partial charge in [-0.05, 0) is 24.1 Å². The predicted molar refractivity (Wildman–Crippen MR) is 56.8 cm³/mol. The third-order valence-corrected chi connectivity index (χ3v) is 2.93. The lowest BCUT2D eigenvalue weighted by molar-refractivity contribution is 0.308. The fourth-order valence-electron chi connectivity index (χ4n) is 0.876. The summed E-state index contributed by atoms with van der Waals surface area (Å²) in [5.74, 6) is 0. The van der Waals surface area contributed by atoms with E-state index in [1.807, 2.05) is 13.0 Å². The Balaban J connectivity index is 2.74. The molecule has 0 aromatic heterocycles. The van der Waals surface area contributed by atoms with Crippen molar-refractivity contribution in [3.63, 3.8) is 0 Å². The van der Waals surface area contributed by atoms with Crippen molar-refractivity contribution >= 4 is 26.2 Å². The maximum Gasteiger partial charge on any atom is 0.333 e. The first-order valence-corrected chi connectivity index (χ1v) is 6.07. The van der Waals surface area contributed by atoms with Crippen LogP contribution >= 0.6 is 15.9 Å². The topological polar surface area (TPSA) is 69.4 Å². The van der Waals surface area contributed by atoms with E-state index in [-0.39, 0.29) is 6.61 Å². The minimum atomic E-state index is -3.86. The molecule has 0 aliphatic carbocycles. The Morgan fingerprint density at radius 1 is 1.50 bits per heavy atom. The van der Waals surface area contributed by atoms with E-state index in [9.17, 15) is 8.42 Å². The van der Waals surface area contributed by atoms with Crippen molar-refractivity contribution in [1.82, 2.24) is 0 Å². The SMILES string of the molecule is Cc1ccc(COS(N)(=O)=O)cc1Br. The van der Waals surface area contributed by atoms with E-state index in [1.165, 1.54) is 0 Å². The molecule has 0 bridgehead atoms. The van der Waals surface area contributed by atoms with Gasteiger partial charge in [-0.25, -0.2) is 5.14 Å². The van der Waals surface area contributed by atoms with E-state index >= 15 is 0 Å².